The molecule has 104 valence electrons. The quantitative estimate of drug-likeness (QED) is 0.730. The normalized spacial score (nSPS) is 23.6. The zero-order valence-electron chi connectivity index (χ0n) is 11.2. The third-order valence-corrected chi connectivity index (χ3v) is 3.82. The average molecular weight is 263 g/mol. The lowest BCUT2D eigenvalue weighted by molar-refractivity contribution is 0.0698. The molecule has 5 heteroatoms. The molecule has 1 saturated carbocycles. The second-order valence-corrected chi connectivity index (χ2v) is 5.38. The molecule has 0 aliphatic heterocycles. The number of hydrogen-bond donors (Lipinski definition) is 3. The van der Waals surface area contributed by atoms with E-state index in [0.29, 0.717) is 11.9 Å². The maximum Gasteiger partial charge on any atom is 0.337 e. The maximum absolute atomic E-state index is 11.0. The van der Waals surface area contributed by atoms with Gasteiger partial charge in [0, 0.05) is 12.2 Å². The van der Waals surface area contributed by atoms with Crippen molar-refractivity contribution >= 4 is 17.5 Å². The topological polar surface area (TPSA) is 88.2 Å². The summed E-state index contributed by atoms with van der Waals surface area (Å²) in [7, 11) is 0. The Morgan fingerprint density at radius 3 is 2.95 bits per heavy atom. The number of nitrogens with two attached hydrogens (primary N) is 1. The van der Waals surface area contributed by atoms with Crippen LogP contribution in [0.1, 0.15) is 49.4 Å². The highest BCUT2D eigenvalue weighted by Crippen LogP contribution is 2.27. The molecule has 2 rings (SSSR count). The second kappa shape index (κ2) is 5.91. The monoisotopic (exact) mass is 263 g/mol. The van der Waals surface area contributed by atoms with E-state index in [4.69, 9.17) is 10.8 Å². The van der Waals surface area contributed by atoms with Crippen molar-refractivity contribution in [2.45, 2.75) is 45.1 Å². The summed E-state index contributed by atoms with van der Waals surface area (Å²) in [4.78, 5) is 15.2. The van der Waals surface area contributed by atoms with E-state index in [9.17, 15) is 4.79 Å². The van der Waals surface area contributed by atoms with Crippen LogP contribution < -0.4 is 11.1 Å². The van der Waals surface area contributed by atoms with Gasteiger partial charge in [-0.2, -0.15) is 0 Å². The Morgan fingerprint density at radius 1 is 1.42 bits per heavy atom. The predicted octanol–water partition coefficient (Wildman–Crippen LogP) is 2.74. The summed E-state index contributed by atoms with van der Waals surface area (Å²) in [6.45, 7) is 2.28. The molecule has 1 heterocycles. The number of nitrogen functional groups attached to an aromatic ring is 1. The van der Waals surface area contributed by atoms with Crippen molar-refractivity contribution in [3.05, 3.63) is 17.8 Å². The number of aromatic carboxylic acids is 1. The van der Waals surface area contributed by atoms with Gasteiger partial charge in [-0.1, -0.05) is 19.8 Å². The van der Waals surface area contributed by atoms with Gasteiger partial charge in [0.2, 0.25) is 0 Å². The Kier molecular flexibility index (Phi) is 4.24. The smallest absolute Gasteiger partial charge is 0.337 e. The Balaban J connectivity index is 2.10. The predicted molar refractivity (Wildman–Crippen MR) is 75.3 cm³/mol. The van der Waals surface area contributed by atoms with E-state index in [0.717, 1.165) is 18.8 Å². The van der Waals surface area contributed by atoms with Crippen LogP contribution >= 0.6 is 0 Å². The Morgan fingerprint density at radius 2 is 2.21 bits per heavy atom. The fourth-order valence-electron chi connectivity index (χ4n) is 2.60. The van der Waals surface area contributed by atoms with Crippen molar-refractivity contribution in [1.29, 1.82) is 0 Å². The van der Waals surface area contributed by atoms with E-state index in [1.54, 1.807) is 0 Å². The van der Waals surface area contributed by atoms with Crippen molar-refractivity contribution in [3.63, 3.8) is 0 Å². The largest absolute Gasteiger partial charge is 0.478 e. The van der Waals surface area contributed by atoms with Gasteiger partial charge in [0.05, 0.1) is 11.3 Å². The van der Waals surface area contributed by atoms with E-state index >= 15 is 0 Å². The molecule has 1 aliphatic rings. The summed E-state index contributed by atoms with van der Waals surface area (Å²) in [6, 6.07) is 1.77. The van der Waals surface area contributed by atoms with E-state index < -0.39 is 5.97 Å². The number of carbonyl (C=O) groups is 1. The van der Waals surface area contributed by atoms with Gasteiger partial charge in [0.15, 0.2) is 0 Å². The van der Waals surface area contributed by atoms with Gasteiger partial charge in [0.25, 0.3) is 0 Å². The number of pyridine rings is 1. The highest BCUT2D eigenvalue weighted by molar-refractivity contribution is 5.96. The minimum absolute atomic E-state index is 0.111. The minimum Gasteiger partial charge on any atom is -0.478 e. The maximum atomic E-state index is 11.0. The summed E-state index contributed by atoms with van der Waals surface area (Å²) in [5.41, 5.74) is 6.20. The number of nitrogens with one attached hydrogen (secondary N) is 1. The van der Waals surface area contributed by atoms with Gasteiger partial charge in [0.1, 0.15) is 5.82 Å². The molecule has 5 nitrogen and oxygen atoms in total. The van der Waals surface area contributed by atoms with Gasteiger partial charge in [-0.05, 0) is 31.2 Å². The molecule has 1 aliphatic carbocycles. The number of carboxylic acid groups (broad SMARTS) is 1. The molecule has 0 bridgehead atoms. The molecule has 0 radical (unpaired) electrons. The van der Waals surface area contributed by atoms with Crippen LogP contribution in [-0.4, -0.2) is 22.1 Å². The lowest BCUT2D eigenvalue weighted by Crippen LogP contribution is -2.21. The summed E-state index contributed by atoms with van der Waals surface area (Å²) in [5, 5.41) is 12.3. The van der Waals surface area contributed by atoms with Gasteiger partial charge in [-0.15, -0.1) is 0 Å². The van der Waals surface area contributed by atoms with Gasteiger partial charge < -0.3 is 16.2 Å². The van der Waals surface area contributed by atoms with Crippen LogP contribution in [0, 0.1) is 5.92 Å². The summed E-state index contributed by atoms with van der Waals surface area (Å²) in [5.74, 6) is 0.249. The van der Waals surface area contributed by atoms with Crippen LogP contribution in [0.3, 0.4) is 0 Å². The number of aromatic nitrogens is 1. The third kappa shape index (κ3) is 3.36. The zero-order valence-corrected chi connectivity index (χ0v) is 11.2. The number of hydrogen-bond acceptors (Lipinski definition) is 4. The lowest BCUT2D eigenvalue weighted by atomic mass is 10.0. The first-order valence-electron chi connectivity index (χ1n) is 6.82. The number of rotatable bonds is 3. The molecular weight excluding hydrogens is 242 g/mol. The van der Waals surface area contributed by atoms with Crippen molar-refractivity contribution in [1.82, 2.24) is 4.98 Å². The molecule has 1 aromatic heterocycles. The van der Waals surface area contributed by atoms with Crippen LogP contribution in [0.25, 0.3) is 0 Å². The highest BCUT2D eigenvalue weighted by Gasteiger charge is 2.19. The van der Waals surface area contributed by atoms with E-state index in [-0.39, 0.29) is 11.3 Å². The van der Waals surface area contributed by atoms with E-state index in [1.165, 1.54) is 31.5 Å². The van der Waals surface area contributed by atoms with Crippen LogP contribution in [0.2, 0.25) is 0 Å². The first-order chi connectivity index (χ1) is 9.08. The van der Waals surface area contributed by atoms with Crippen molar-refractivity contribution in [3.8, 4) is 0 Å². The molecule has 2 atom stereocenters. The molecule has 0 amide bonds. The SMILES string of the molecule is CC1CCCC(Nc2nccc(C(=O)O)c2N)CC1. The van der Waals surface area contributed by atoms with Gasteiger partial charge in [-0.25, -0.2) is 9.78 Å². The minimum atomic E-state index is -1.02. The lowest BCUT2D eigenvalue weighted by Gasteiger charge is -2.18. The molecule has 1 fully saturated rings. The van der Waals surface area contributed by atoms with E-state index in [2.05, 4.69) is 17.2 Å². The Hall–Kier alpha value is -1.78. The molecule has 0 aromatic carbocycles. The van der Waals surface area contributed by atoms with Gasteiger partial charge >= 0.3 is 5.97 Å². The third-order valence-electron chi connectivity index (χ3n) is 3.82. The zero-order chi connectivity index (χ0) is 13.8. The Bertz CT molecular complexity index is 462. The standard InChI is InChI=1S/C14H21N3O2/c1-9-3-2-4-10(6-5-9)17-13-12(15)11(14(18)19)7-8-16-13/h7-10H,2-6,15H2,1H3,(H,16,17)(H,18,19). The summed E-state index contributed by atoms with van der Waals surface area (Å²) < 4.78 is 0. The van der Waals surface area contributed by atoms with Crippen LogP contribution in [0.4, 0.5) is 11.5 Å². The molecule has 4 N–H and O–H groups in total. The first kappa shape index (κ1) is 13.6. The van der Waals surface area contributed by atoms with Crippen LogP contribution in [0.15, 0.2) is 12.3 Å². The summed E-state index contributed by atoms with van der Waals surface area (Å²) >= 11 is 0. The van der Waals surface area contributed by atoms with Crippen molar-refractivity contribution in [2.75, 3.05) is 11.1 Å². The van der Waals surface area contributed by atoms with Crippen molar-refractivity contribution < 1.29 is 9.90 Å². The van der Waals surface area contributed by atoms with Crippen LogP contribution in [0.5, 0.6) is 0 Å². The highest BCUT2D eigenvalue weighted by atomic mass is 16.4. The molecule has 0 saturated heterocycles. The molecule has 0 spiro atoms. The fraction of sp³-hybridized carbons (Fsp3) is 0.571. The number of carboxylic acids is 1. The number of anilines is 2. The summed E-state index contributed by atoms with van der Waals surface area (Å²) in [6.07, 6.45) is 7.30. The van der Waals surface area contributed by atoms with Crippen LogP contribution in [-0.2, 0) is 0 Å². The molecule has 2 unspecified atom stereocenters. The van der Waals surface area contributed by atoms with Gasteiger partial charge in [-0.3, -0.25) is 0 Å². The number of nitrogens with zero attached hydrogens (tertiary/aromatic N) is 1. The van der Waals surface area contributed by atoms with E-state index in [1.807, 2.05) is 0 Å². The molecule has 1 aromatic rings. The fourth-order valence-corrected chi connectivity index (χ4v) is 2.60. The molecular formula is C14H21N3O2. The van der Waals surface area contributed by atoms with Crippen molar-refractivity contribution in [2.24, 2.45) is 5.92 Å². The average Bonchev–Trinajstić information content (AvgIpc) is 2.57. The molecule has 19 heavy (non-hydrogen) atoms. The second-order valence-electron chi connectivity index (χ2n) is 5.38. The first-order valence-corrected chi connectivity index (χ1v) is 6.82. The Labute approximate surface area is 113 Å².